The predicted molar refractivity (Wildman–Crippen MR) is 103 cm³/mol. The number of hydrogen-bond acceptors (Lipinski definition) is 7. The number of esters is 3. The minimum Gasteiger partial charge on any atom is -0.461 e. The molecule has 2 saturated carbocycles. The Morgan fingerprint density at radius 2 is 2.07 bits per heavy atom. The second-order valence-electron chi connectivity index (χ2n) is 8.30. The molecule has 0 radical (unpaired) electrons. The van der Waals surface area contributed by atoms with E-state index in [0.717, 1.165) is 5.57 Å². The van der Waals surface area contributed by atoms with Gasteiger partial charge in [-0.15, -0.1) is 0 Å². The summed E-state index contributed by atoms with van der Waals surface area (Å²) in [7, 11) is 0. The van der Waals surface area contributed by atoms with Crippen LogP contribution in [0, 0.1) is 11.8 Å². The van der Waals surface area contributed by atoms with Crippen molar-refractivity contribution in [1.29, 1.82) is 0 Å². The lowest BCUT2D eigenvalue weighted by Gasteiger charge is -2.33. The van der Waals surface area contributed by atoms with Crippen molar-refractivity contribution in [2.24, 2.45) is 11.8 Å². The van der Waals surface area contributed by atoms with Gasteiger partial charge in [-0.25, -0.2) is 9.59 Å². The van der Waals surface area contributed by atoms with Crippen LogP contribution in [0.1, 0.15) is 47.0 Å². The van der Waals surface area contributed by atoms with Gasteiger partial charge in [-0.3, -0.25) is 4.79 Å². The van der Waals surface area contributed by atoms with Crippen molar-refractivity contribution >= 4 is 17.9 Å². The number of hydrogen-bond donors (Lipinski definition) is 1. The van der Waals surface area contributed by atoms with Crippen LogP contribution in [0.2, 0.25) is 0 Å². The molecule has 0 aromatic heterocycles. The smallest absolute Gasteiger partial charge is 0.338 e. The third-order valence-electron chi connectivity index (χ3n) is 6.32. The topological polar surface area (TPSA) is 99.1 Å². The quantitative estimate of drug-likeness (QED) is 0.332. The van der Waals surface area contributed by atoms with E-state index in [2.05, 4.69) is 6.58 Å². The van der Waals surface area contributed by atoms with Gasteiger partial charge in [0.05, 0.1) is 11.2 Å². The van der Waals surface area contributed by atoms with Crippen LogP contribution < -0.4 is 0 Å². The van der Waals surface area contributed by atoms with Crippen molar-refractivity contribution in [3.63, 3.8) is 0 Å². The Hall–Kier alpha value is -2.41. The molecule has 158 valence electrons. The number of allylic oxidation sites excluding steroid dienone is 1. The Kier molecular flexibility index (Phi) is 5.72. The molecule has 0 spiro atoms. The highest BCUT2D eigenvalue weighted by Gasteiger charge is 2.57. The van der Waals surface area contributed by atoms with Gasteiger partial charge in [0.25, 0.3) is 0 Å². The largest absolute Gasteiger partial charge is 0.461 e. The van der Waals surface area contributed by atoms with E-state index in [1.165, 1.54) is 6.92 Å². The normalized spacial score (nSPS) is 34.3. The number of carbonyl (C=O) groups is 3. The van der Waals surface area contributed by atoms with Gasteiger partial charge in [0.1, 0.15) is 18.8 Å². The second-order valence-corrected chi connectivity index (χ2v) is 8.30. The van der Waals surface area contributed by atoms with Crippen molar-refractivity contribution in [3.05, 3.63) is 34.9 Å². The van der Waals surface area contributed by atoms with Crippen LogP contribution in [0.5, 0.6) is 0 Å². The maximum Gasteiger partial charge on any atom is 0.338 e. The van der Waals surface area contributed by atoms with Crippen LogP contribution in [0.15, 0.2) is 34.9 Å². The number of rotatable bonds is 4. The summed E-state index contributed by atoms with van der Waals surface area (Å²) in [6, 6.07) is 0. The Labute approximate surface area is 170 Å². The summed E-state index contributed by atoms with van der Waals surface area (Å²) in [6.45, 7) is 10.3. The molecule has 1 heterocycles. The molecule has 5 atom stereocenters. The van der Waals surface area contributed by atoms with Crippen LogP contribution in [-0.4, -0.2) is 47.4 Å². The molecule has 7 nitrogen and oxygen atoms in total. The first-order valence-electron chi connectivity index (χ1n) is 9.88. The molecular weight excluding hydrogens is 376 g/mol. The van der Waals surface area contributed by atoms with Gasteiger partial charge < -0.3 is 19.3 Å². The maximum atomic E-state index is 12.6. The van der Waals surface area contributed by atoms with Gasteiger partial charge in [-0.05, 0) is 39.5 Å². The molecule has 1 N–H and O–H groups in total. The summed E-state index contributed by atoms with van der Waals surface area (Å²) in [5.41, 5.74) is 0.893. The van der Waals surface area contributed by atoms with Gasteiger partial charge in [0.15, 0.2) is 0 Å². The molecule has 0 amide bonds. The van der Waals surface area contributed by atoms with E-state index in [1.54, 1.807) is 26.8 Å². The summed E-state index contributed by atoms with van der Waals surface area (Å²) < 4.78 is 16.5. The van der Waals surface area contributed by atoms with Crippen molar-refractivity contribution in [1.82, 2.24) is 0 Å². The third kappa shape index (κ3) is 3.88. The Balaban J connectivity index is 2.07. The van der Waals surface area contributed by atoms with Crippen molar-refractivity contribution in [2.75, 3.05) is 6.61 Å². The first kappa shape index (κ1) is 21.3. The van der Waals surface area contributed by atoms with E-state index in [9.17, 15) is 19.5 Å². The average Bonchev–Trinajstić information content (AvgIpc) is 3.09. The Bertz CT molecular complexity index is 817. The van der Waals surface area contributed by atoms with Gasteiger partial charge >= 0.3 is 17.9 Å². The second kappa shape index (κ2) is 7.78. The van der Waals surface area contributed by atoms with Gasteiger partial charge in [0.2, 0.25) is 0 Å². The standard InChI is InChI=1S/C22H28O7/c1-6-11(2)20(24)28-16-9-12(3)14-7-8-22(5,26)18(14)19-17(16)15(21(25)29-19)10-27-13(4)23/h6,14,16,18-19,26H,3,7-10H2,1-2,4-5H3/b11-6+/t14-,16+,18+,19+,22-/m1/s1. The van der Waals surface area contributed by atoms with Crippen LogP contribution >= 0.6 is 0 Å². The minimum atomic E-state index is -1.06. The molecule has 29 heavy (non-hydrogen) atoms. The molecule has 1 aliphatic heterocycles. The van der Waals surface area contributed by atoms with Gasteiger partial charge in [-0.1, -0.05) is 18.2 Å². The molecule has 0 aromatic carbocycles. The van der Waals surface area contributed by atoms with Crippen LogP contribution in [0.4, 0.5) is 0 Å². The fourth-order valence-corrected chi connectivity index (χ4v) is 4.67. The summed E-state index contributed by atoms with van der Waals surface area (Å²) in [5, 5.41) is 11.0. The summed E-state index contributed by atoms with van der Waals surface area (Å²) >= 11 is 0. The van der Waals surface area contributed by atoms with Crippen molar-refractivity contribution < 1.29 is 33.7 Å². The molecule has 0 unspecified atom stereocenters. The van der Waals surface area contributed by atoms with Crippen LogP contribution in [-0.2, 0) is 28.6 Å². The minimum absolute atomic E-state index is 0.0580. The van der Waals surface area contributed by atoms with Crippen LogP contribution in [0.25, 0.3) is 0 Å². The van der Waals surface area contributed by atoms with Crippen LogP contribution in [0.3, 0.4) is 0 Å². The zero-order chi connectivity index (χ0) is 21.5. The fraction of sp³-hybridized carbons (Fsp3) is 0.591. The number of ether oxygens (including phenoxy) is 3. The molecular formula is C22H28O7. The molecule has 3 aliphatic rings. The zero-order valence-corrected chi connectivity index (χ0v) is 17.3. The highest BCUT2D eigenvalue weighted by molar-refractivity contribution is 5.94. The van der Waals surface area contributed by atoms with E-state index < -0.39 is 41.6 Å². The summed E-state index contributed by atoms with van der Waals surface area (Å²) in [6.07, 6.45) is 1.73. The lowest BCUT2D eigenvalue weighted by Crippen LogP contribution is -2.42. The third-order valence-corrected chi connectivity index (χ3v) is 6.32. The molecule has 0 aromatic rings. The monoisotopic (exact) mass is 404 g/mol. The molecule has 3 rings (SSSR count). The highest BCUT2D eigenvalue weighted by atomic mass is 16.6. The number of carbonyl (C=O) groups excluding carboxylic acids is 3. The maximum absolute atomic E-state index is 12.6. The molecule has 7 heteroatoms. The molecule has 0 saturated heterocycles. The lowest BCUT2D eigenvalue weighted by molar-refractivity contribution is -0.147. The van der Waals surface area contributed by atoms with E-state index in [1.807, 2.05) is 0 Å². The van der Waals surface area contributed by atoms with Gasteiger partial charge in [0, 0.05) is 30.4 Å². The Morgan fingerprint density at radius 3 is 2.69 bits per heavy atom. The van der Waals surface area contributed by atoms with E-state index in [4.69, 9.17) is 14.2 Å². The summed E-state index contributed by atoms with van der Waals surface area (Å²) in [4.78, 5) is 36.4. The molecule has 0 bridgehead atoms. The van der Waals surface area contributed by atoms with E-state index in [-0.39, 0.29) is 18.1 Å². The first-order valence-corrected chi connectivity index (χ1v) is 9.88. The zero-order valence-electron chi connectivity index (χ0n) is 17.3. The van der Waals surface area contributed by atoms with E-state index >= 15 is 0 Å². The average molecular weight is 404 g/mol. The SMILES string of the molecule is C=C1C[C@H](OC(=O)/C(C)=C/C)C2=C(COC(C)=O)C(=O)O[C@@H]2[C@@H]2[C@@H]1CC[C@@]2(C)O. The lowest BCUT2D eigenvalue weighted by atomic mass is 9.79. The van der Waals surface area contributed by atoms with Gasteiger partial charge in [-0.2, -0.15) is 0 Å². The Morgan fingerprint density at radius 1 is 1.38 bits per heavy atom. The first-order chi connectivity index (χ1) is 13.6. The van der Waals surface area contributed by atoms with Crippen molar-refractivity contribution in [2.45, 2.75) is 64.8 Å². The van der Waals surface area contributed by atoms with Crippen molar-refractivity contribution in [3.8, 4) is 0 Å². The number of aliphatic hydroxyl groups is 1. The van der Waals surface area contributed by atoms with E-state index in [0.29, 0.717) is 30.4 Å². The summed E-state index contributed by atoms with van der Waals surface area (Å²) in [5.74, 6) is -2.09. The molecule has 2 aliphatic carbocycles. The number of fused-ring (bicyclic) bond motifs is 3. The fourth-order valence-electron chi connectivity index (χ4n) is 4.67. The predicted octanol–water partition coefficient (Wildman–Crippen LogP) is 2.39. The highest BCUT2D eigenvalue weighted by Crippen LogP contribution is 2.53. The molecule has 2 fully saturated rings.